The number of nitrogens with two attached hydrogens (primary N) is 1. The van der Waals surface area contributed by atoms with Gasteiger partial charge in [0.1, 0.15) is 11.7 Å². The zero-order valence-corrected chi connectivity index (χ0v) is 24.4. The molecule has 2 aromatic carbocycles. The Bertz CT molecular complexity index is 1560. The van der Waals surface area contributed by atoms with Gasteiger partial charge in [-0.2, -0.15) is 0 Å². The molecule has 0 spiro atoms. The molecule has 222 valence electrons. The number of carbonyl (C=O) groups excluding carboxylic acids is 2. The number of nitrogens with one attached hydrogen (secondary N) is 3. The van der Waals surface area contributed by atoms with Crippen molar-refractivity contribution >= 4 is 33.5 Å². The highest BCUT2D eigenvalue weighted by Gasteiger charge is 2.42. The van der Waals surface area contributed by atoms with Gasteiger partial charge in [0.05, 0.1) is 31.3 Å². The minimum Gasteiger partial charge on any atom is -0.453 e. The van der Waals surface area contributed by atoms with E-state index in [-0.39, 0.29) is 29.6 Å². The van der Waals surface area contributed by atoms with Crippen molar-refractivity contribution < 1.29 is 22.7 Å². The number of sulfonamides is 1. The quantitative estimate of drug-likeness (QED) is 0.240. The number of benzene rings is 2. The van der Waals surface area contributed by atoms with Crippen LogP contribution in [0.3, 0.4) is 0 Å². The summed E-state index contributed by atoms with van der Waals surface area (Å²) in [6.45, 7) is 1.50. The van der Waals surface area contributed by atoms with E-state index < -0.39 is 16.1 Å². The first-order valence-corrected chi connectivity index (χ1v) is 15.6. The number of hydrogen-bond acceptors (Lipinski definition) is 7. The number of likely N-dealkylation sites (tertiary alicyclic amines) is 1. The molecule has 0 saturated carbocycles. The summed E-state index contributed by atoms with van der Waals surface area (Å²) in [6.07, 6.45) is 4.62. The number of carbonyl (C=O) groups is 2. The normalized spacial score (nSPS) is 19.9. The molecule has 0 aliphatic carbocycles. The van der Waals surface area contributed by atoms with E-state index in [4.69, 9.17) is 11.1 Å². The fraction of sp³-hybridized carbons (Fsp3) is 0.379. The Hall–Kier alpha value is -4.23. The zero-order valence-electron chi connectivity index (χ0n) is 23.5. The fourth-order valence-corrected chi connectivity index (χ4v) is 6.76. The Balaban J connectivity index is 1.38. The third-order valence-corrected chi connectivity index (χ3v) is 9.51. The van der Waals surface area contributed by atoms with Crippen LogP contribution in [-0.4, -0.2) is 78.4 Å². The molecule has 2 fully saturated rings. The number of H-pyrrole nitrogens is 1. The number of amidine groups is 1. The number of nitrogens with zero attached hydrogens (tertiary/aromatic N) is 3. The average molecular weight is 594 g/mol. The lowest BCUT2D eigenvalue weighted by Crippen LogP contribution is -2.40. The lowest BCUT2D eigenvalue weighted by atomic mass is 9.83. The second kappa shape index (κ2) is 11.9. The van der Waals surface area contributed by atoms with Gasteiger partial charge in [-0.25, -0.2) is 22.5 Å². The molecule has 2 amide bonds. The molecule has 2 aliphatic heterocycles. The van der Waals surface area contributed by atoms with Crippen LogP contribution in [0.25, 0.3) is 11.3 Å². The van der Waals surface area contributed by atoms with Gasteiger partial charge in [0, 0.05) is 36.4 Å². The monoisotopic (exact) mass is 593 g/mol. The highest BCUT2D eigenvalue weighted by atomic mass is 32.2. The molecule has 3 heterocycles. The Labute approximate surface area is 244 Å². The summed E-state index contributed by atoms with van der Waals surface area (Å²) in [5.74, 6) is 0.946. The fourth-order valence-electron chi connectivity index (χ4n) is 5.89. The minimum absolute atomic E-state index is 0.0641. The van der Waals surface area contributed by atoms with E-state index in [1.54, 1.807) is 42.6 Å². The molecule has 2 saturated heterocycles. The van der Waals surface area contributed by atoms with Crippen LogP contribution in [0.4, 0.5) is 10.5 Å². The molecule has 3 aromatic rings. The van der Waals surface area contributed by atoms with Crippen LogP contribution in [-0.2, 0) is 14.8 Å². The summed E-state index contributed by atoms with van der Waals surface area (Å²) < 4.78 is 30.2. The summed E-state index contributed by atoms with van der Waals surface area (Å²) in [5, 5.41) is 10.3. The van der Waals surface area contributed by atoms with Gasteiger partial charge in [0.2, 0.25) is 10.0 Å². The Kier molecular flexibility index (Phi) is 8.32. The van der Waals surface area contributed by atoms with Crippen LogP contribution in [0.15, 0.2) is 54.7 Å². The van der Waals surface area contributed by atoms with Crippen molar-refractivity contribution in [2.75, 3.05) is 38.3 Å². The molecule has 0 radical (unpaired) electrons. The maximum atomic E-state index is 13.8. The maximum Gasteiger partial charge on any atom is 0.411 e. The predicted molar refractivity (Wildman–Crippen MR) is 159 cm³/mol. The van der Waals surface area contributed by atoms with E-state index >= 15 is 0 Å². The number of methoxy groups -OCH3 is 1. The van der Waals surface area contributed by atoms with E-state index in [0.29, 0.717) is 48.7 Å². The van der Waals surface area contributed by atoms with Gasteiger partial charge in [-0.3, -0.25) is 15.5 Å². The third-order valence-electron chi connectivity index (χ3n) is 8.21. The molecule has 0 bridgehead atoms. The molecule has 2 unspecified atom stereocenters. The van der Waals surface area contributed by atoms with E-state index in [2.05, 4.69) is 20.0 Å². The standard InChI is InChI=1S/C29H35N7O5S/c1-41-29(38)33-23-9-7-19(8-10-23)24-16-32-27(34-24)25-15-22(18-11-13-35(14-12-18)42(2,39)40)17-36(25)28(37)21-5-3-20(4-6-21)26(30)31/h3-10,16,18,22,25H,11-15,17H2,1-2H3,(H3,30,31)(H,32,34)(H,33,38). The van der Waals surface area contributed by atoms with Gasteiger partial charge in [-0.15, -0.1) is 0 Å². The molecule has 13 heteroatoms. The first kappa shape index (κ1) is 29.3. The first-order chi connectivity index (χ1) is 20.0. The van der Waals surface area contributed by atoms with Crippen molar-refractivity contribution in [2.45, 2.75) is 25.3 Å². The van der Waals surface area contributed by atoms with Crippen molar-refractivity contribution in [1.29, 1.82) is 5.41 Å². The van der Waals surface area contributed by atoms with Gasteiger partial charge in [-0.05, 0) is 60.9 Å². The smallest absolute Gasteiger partial charge is 0.411 e. The number of ether oxygens (including phenoxy) is 1. The highest BCUT2D eigenvalue weighted by molar-refractivity contribution is 7.88. The number of hydrogen-bond donors (Lipinski definition) is 4. The topological polar surface area (TPSA) is 175 Å². The van der Waals surface area contributed by atoms with Gasteiger partial charge in [-0.1, -0.05) is 24.3 Å². The third kappa shape index (κ3) is 6.31. The minimum atomic E-state index is -3.23. The second-order valence-electron chi connectivity index (χ2n) is 10.8. The van der Waals surface area contributed by atoms with Crippen LogP contribution in [0.2, 0.25) is 0 Å². The number of rotatable bonds is 7. The first-order valence-electron chi connectivity index (χ1n) is 13.7. The van der Waals surface area contributed by atoms with E-state index in [1.165, 1.54) is 17.7 Å². The van der Waals surface area contributed by atoms with Crippen molar-refractivity contribution in [2.24, 2.45) is 17.6 Å². The number of piperidine rings is 1. The zero-order chi connectivity index (χ0) is 30.0. The van der Waals surface area contributed by atoms with Crippen LogP contribution >= 0.6 is 0 Å². The van der Waals surface area contributed by atoms with Gasteiger partial charge >= 0.3 is 6.09 Å². The van der Waals surface area contributed by atoms with Crippen molar-refractivity contribution in [3.8, 4) is 11.3 Å². The number of aromatic nitrogens is 2. The molecule has 5 rings (SSSR count). The maximum absolute atomic E-state index is 13.8. The van der Waals surface area contributed by atoms with Gasteiger partial charge in [0.15, 0.2) is 0 Å². The molecular formula is C29H35N7O5S. The molecular weight excluding hydrogens is 558 g/mol. The Morgan fingerprint density at radius 2 is 1.69 bits per heavy atom. The Morgan fingerprint density at radius 3 is 2.29 bits per heavy atom. The van der Waals surface area contributed by atoms with Crippen molar-refractivity contribution in [3.05, 3.63) is 71.7 Å². The average Bonchev–Trinajstić information content (AvgIpc) is 3.65. The molecule has 5 N–H and O–H groups in total. The second-order valence-corrected chi connectivity index (χ2v) is 12.8. The molecule has 2 atom stereocenters. The number of amides is 2. The van der Waals surface area contributed by atoms with E-state index in [1.807, 2.05) is 17.0 Å². The Morgan fingerprint density at radius 1 is 1.05 bits per heavy atom. The molecule has 42 heavy (non-hydrogen) atoms. The van der Waals surface area contributed by atoms with Crippen molar-refractivity contribution in [1.82, 2.24) is 19.2 Å². The predicted octanol–water partition coefficient (Wildman–Crippen LogP) is 3.41. The summed E-state index contributed by atoms with van der Waals surface area (Å²) in [4.78, 5) is 35.2. The summed E-state index contributed by atoms with van der Waals surface area (Å²) in [7, 11) is -1.92. The molecule has 12 nitrogen and oxygen atoms in total. The molecule has 2 aliphatic rings. The molecule has 1 aromatic heterocycles. The van der Waals surface area contributed by atoms with E-state index in [0.717, 1.165) is 24.1 Å². The number of imidazole rings is 1. The number of nitrogen functional groups attached to an aromatic ring is 1. The van der Waals surface area contributed by atoms with Crippen LogP contribution < -0.4 is 11.1 Å². The van der Waals surface area contributed by atoms with Gasteiger partial charge in [0.25, 0.3) is 5.91 Å². The van der Waals surface area contributed by atoms with Crippen LogP contribution in [0.5, 0.6) is 0 Å². The summed E-state index contributed by atoms with van der Waals surface area (Å²) in [6, 6.07) is 13.7. The largest absolute Gasteiger partial charge is 0.453 e. The summed E-state index contributed by atoms with van der Waals surface area (Å²) >= 11 is 0. The SMILES string of the molecule is COC(=O)Nc1ccc(-c2cnc(C3CC(C4CCN(S(C)(=O)=O)CC4)CN3C(=O)c3ccc(C(=N)N)cc3)[nH]2)cc1. The lowest BCUT2D eigenvalue weighted by Gasteiger charge is -2.33. The van der Waals surface area contributed by atoms with Crippen LogP contribution in [0.1, 0.15) is 47.1 Å². The van der Waals surface area contributed by atoms with E-state index in [9.17, 15) is 18.0 Å². The van der Waals surface area contributed by atoms with Crippen molar-refractivity contribution in [3.63, 3.8) is 0 Å². The summed E-state index contributed by atoms with van der Waals surface area (Å²) in [5.41, 5.74) is 8.87. The number of aromatic amines is 1. The number of anilines is 1. The lowest BCUT2D eigenvalue weighted by molar-refractivity contribution is 0.0720. The van der Waals surface area contributed by atoms with Crippen LogP contribution in [0, 0.1) is 17.2 Å². The van der Waals surface area contributed by atoms with Gasteiger partial charge < -0.3 is 20.4 Å². The highest BCUT2D eigenvalue weighted by Crippen LogP contribution is 2.42.